The van der Waals surface area contributed by atoms with Crippen molar-refractivity contribution in [1.82, 2.24) is 0 Å². The summed E-state index contributed by atoms with van der Waals surface area (Å²) in [7, 11) is -0.916. The fraction of sp³-hybridized carbons (Fsp3) is 0.519. The zero-order chi connectivity index (χ0) is 25.0. The number of methoxy groups -OCH3 is 2. The topological polar surface area (TPSA) is 80.3 Å². The van der Waals surface area contributed by atoms with Crippen molar-refractivity contribution in [2.75, 3.05) is 27.4 Å². The van der Waals surface area contributed by atoms with Crippen molar-refractivity contribution in [3.63, 3.8) is 0 Å². The van der Waals surface area contributed by atoms with E-state index in [1.54, 1.807) is 26.2 Å². The van der Waals surface area contributed by atoms with Gasteiger partial charge in [0.25, 0.3) is 0 Å². The van der Waals surface area contributed by atoms with E-state index in [1.807, 2.05) is 12.1 Å². The lowest BCUT2D eigenvalue weighted by atomic mass is 9.54. The fourth-order valence-electron chi connectivity index (χ4n) is 6.10. The number of hydrogen-bond donors (Lipinski definition) is 0. The first kappa shape index (κ1) is 25.7. The maximum atomic E-state index is 13.3. The molecular weight excluding hydrogens is 467 g/mol. The molecule has 0 aliphatic heterocycles. The Morgan fingerprint density at radius 2 is 1.74 bits per heavy atom. The summed E-state index contributed by atoms with van der Waals surface area (Å²) in [5, 5.41) is 0. The summed E-state index contributed by atoms with van der Waals surface area (Å²) in [6.07, 6.45) is 10.6. The normalized spacial score (nSPS) is 26.4. The van der Waals surface area contributed by atoms with Gasteiger partial charge in [-0.1, -0.05) is 18.2 Å². The van der Waals surface area contributed by atoms with E-state index >= 15 is 0 Å². The van der Waals surface area contributed by atoms with Gasteiger partial charge in [-0.25, -0.2) is 9.36 Å². The summed E-state index contributed by atoms with van der Waals surface area (Å²) < 4.78 is 40.6. The smallest absolute Gasteiger partial charge is 0.496 e. The van der Waals surface area contributed by atoms with Gasteiger partial charge in [-0.05, 0) is 80.4 Å². The average Bonchev–Trinajstić information content (AvgIpc) is 2.83. The predicted octanol–water partition coefficient (Wildman–Crippen LogP) is 6.41. The highest BCUT2D eigenvalue weighted by molar-refractivity contribution is 7.48. The van der Waals surface area contributed by atoms with Crippen LogP contribution in [-0.4, -0.2) is 33.4 Å². The van der Waals surface area contributed by atoms with Crippen LogP contribution in [0, 0.1) is 23.7 Å². The minimum Gasteiger partial charge on any atom is -0.496 e. The van der Waals surface area contributed by atoms with Crippen LogP contribution in [0.5, 0.6) is 5.75 Å². The van der Waals surface area contributed by atoms with E-state index in [-0.39, 0.29) is 19.0 Å². The third-order valence-corrected chi connectivity index (χ3v) is 8.67. The molecule has 1 aromatic carbocycles. The molecule has 0 aromatic heterocycles. The molecule has 5 rings (SSSR count). The molecule has 1 unspecified atom stereocenters. The van der Waals surface area contributed by atoms with E-state index < -0.39 is 13.8 Å². The first-order chi connectivity index (χ1) is 16.9. The van der Waals surface area contributed by atoms with Crippen LogP contribution in [0.15, 0.2) is 42.5 Å². The highest BCUT2D eigenvalue weighted by Gasteiger charge is 2.46. The van der Waals surface area contributed by atoms with Crippen LogP contribution in [-0.2, 0) is 27.9 Å². The first-order valence-electron chi connectivity index (χ1n) is 12.3. The number of carbonyl (C=O) groups is 1. The lowest BCUT2D eigenvalue weighted by Gasteiger charge is -2.51. The molecule has 0 heterocycles. The quantitative estimate of drug-likeness (QED) is 0.114. The second kappa shape index (κ2) is 11.2. The van der Waals surface area contributed by atoms with Crippen molar-refractivity contribution < 1.29 is 32.4 Å². The maximum absolute atomic E-state index is 13.3. The molecule has 8 heteroatoms. The van der Waals surface area contributed by atoms with Crippen molar-refractivity contribution in [2.24, 2.45) is 23.7 Å². The van der Waals surface area contributed by atoms with Crippen LogP contribution < -0.4 is 4.52 Å². The number of phosphoric ester groups is 1. The van der Waals surface area contributed by atoms with Gasteiger partial charge >= 0.3 is 13.8 Å². The summed E-state index contributed by atoms with van der Waals surface area (Å²) in [5.41, 5.74) is 2.78. The second-order valence-corrected chi connectivity index (χ2v) is 11.0. The average molecular weight is 503 g/mol. The molecule has 0 amide bonds. The first-order valence-corrected chi connectivity index (χ1v) is 13.7. The third-order valence-electron chi connectivity index (χ3n) is 7.21. The molecule has 4 bridgehead atoms. The summed E-state index contributed by atoms with van der Waals surface area (Å²) in [4.78, 5) is 11.7. The molecule has 190 valence electrons. The van der Waals surface area contributed by atoms with Crippen LogP contribution in [0.2, 0.25) is 0 Å². The molecule has 4 fully saturated rings. The van der Waals surface area contributed by atoms with Crippen LogP contribution in [0.4, 0.5) is 0 Å². The Labute approximate surface area is 207 Å². The third kappa shape index (κ3) is 5.74. The molecule has 0 N–H and O–H groups in total. The van der Waals surface area contributed by atoms with Crippen LogP contribution in [0.3, 0.4) is 0 Å². The number of esters is 1. The van der Waals surface area contributed by atoms with E-state index in [0.29, 0.717) is 17.4 Å². The number of allylic oxidation sites excluding steroid dienone is 1. The van der Waals surface area contributed by atoms with Crippen LogP contribution >= 0.6 is 7.82 Å². The molecule has 1 aromatic rings. The Morgan fingerprint density at radius 3 is 2.31 bits per heavy atom. The molecule has 35 heavy (non-hydrogen) atoms. The molecule has 4 aliphatic carbocycles. The minimum absolute atomic E-state index is 0.00334. The zero-order valence-corrected chi connectivity index (χ0v) is 21.6. The van der Waals surface area contributed by atoms with Crippen LogP contribution in [0.25, 0.3) is 11.8 Å². The van der Waals surface area contributed by atoms with Gasteiger partial charge in [0.15, 0.2) is 0 Å². The van der Waals surface area contributed by atoms with E-state index in [0.717, 1.165) is 23.2 Å². The molecule has 4 saturated carbocycles. The molecule has 0 radical (unpaired) electrons. The number of ether oxygens (including phenoxy) is 2. The van der Waals surface area contributed by atoms with Crippen molar-refractivity contribution in [3.8, 4) is 5.75 Å². The number of phosphoric acid groups is 1. The Hall–Kier alpha value is -2.34. The highest BCUT2D eigenvalue weighted by Crippen LogP contribution is 2.58. The minimum atomic E-state index is -3.93. The van der Waals surface area contributed by atoms with Gasteiger partial charge < -0.3 is 14.0 Å². The number of rotatable bonds is 11. The summed E-state index contributed by atoms with van der Waals surface area (Å²) >= 11 is 0. The summed E-state index contributed by atoms with van der Waals surface area (Å²) in [5.74, 6) is 3.40. The lowest BCUT2D eigenvalue weighted by molar-refractivity contribution is -0.134. The number of carbonyl (C=O) groups excluding carboxylic acids is 1. The van der Waals surface area contributed by atoms with Crippen molar-refractivity contribution in [1.29, 1.82) is 0 Å². The van der Waals surface area contributed by atoms with Gasteiger partial charge in [0, 0.05) is 17.2 Å². The van der Waals surface area contributed by atoms with Gasteiger partial charge in [-0.2, -0.15) is 0 Å². The predicted molar refractivity (Wildman–Crippen MR) is 134 cm³/mol. The second-order valence-electron chi connectivity index (χ2n) is 9.44. The van der Waals surface area contributed by atoms with Crippen molar-refractivity contribution in [3.05, 3.63) is 53.6 Å². The van der Waals surface area contributed by atoms with Gasteiger partial charge in [-0.15, -0.1) is 6.58 Å². The fourth-order valence-corrected chi connectivity index (χ4v) is 7.28. The van der Waals surface area contributed by atoms with Gasteiger partial charge in [0.05, 0.1) is 27.4 Å². The van der Waals surface area contributed by atoms with E-state index in [2.05, 4.69) is 6.58 Å². The van der Waals surface area contributed by atoms with Gasteiger partial charge in [0.1, 0.15) is 11.5 Å². The van der Waals surface area contributed by atoms with Crippen molar-refractivity contribution in [2.45, 2.75) is 39.0 Å². The number of benzene rings is 1. The summed E-state index contributed by atoms with van der Waals surface area (Å²) in [6.45, 7) is 5.45. The molecule has 4 aliphatic rings. The molecule has 1 atom stereocenters. The van der Waals surface area contributed by atoms with E-state index in [1.165, 1.54) is 56.9 Å². The Kier molecular flexibility index (Phi) is 8.20. The van der Waals surface area contributed by atoms with E-state index in [9.17, 15) is 9.36 Å². The van der Waals surface area contributed by atoms with E-state index in [4.69, 9.17) is 23.0 Å². The van der Waals surface area contributed by atoms with Crippen LogP contribution in [0.1, 0.15) is 50.2 Å². The Bertz CT molecular complexity index is 1030. The largest absolute Gasteiger partial charge is 0.530 e. The SMILES string of the molecule is C=CCOP(=O)(OCC)Oc1cc(C(OC)=C2C3CC4CC(C3)CC2C4)ccc1/C=C/C(=O)OC. The Morgan fingerprint density at radius 1 is 1.06 bits per heavy atom. The summed E-state index contributed by atoms with van der Waals surface area (Å²) in [6, 6.07) is 5.54. The molecule has 0 spiro atoms. The lowest BCUT2D eigenvalue weighted by Crippen LogP contribution is -2.40. The molecule has 7 nitrogen and oxygen atoms in total. The van der Waals surface area contributed by atoms with Gasteiger partial charge in [-0.3, -0.25) is 9.05 Å². The molecular formula is C27H35O7P. The standard InChI is InChI=1S/C27H35O7P/c1-5-11-33-35(29,32-6-2)34-24-17-21(8-7-20(24)9-10-25(28)30-3)27(31-4)26-22-13-18-12-19(15-22)16-23(26)14-18/h5,7-10,17-19,22-23H,1,6,11-16H2,2-4H3/b10-9+,27-26?. The van der Waals surface area contributed by atoms with Crippen molar-refractivity contribution >= 4 is 25.6 Å². The number of hydrogen-bond acceptors (Lipinski definition) is 7. The zero-order valence-electron chi connectivity index (χ0n) is 20.7. The highest BCUT2D eigenvalue weighted by atomic mass is 31.2. The Balaban J connectivity index is 1.74. The maximum Gasteiger partial charge on any atom is 0.530 e. The monoisotopic (exact) mass is 502 g/mol. The molecule has 0 saturated heterocycles. The van der Waals surface area contributed by atoms with Gasteiger partial charge in [0.2, 0.25) is 0 Å².